The number of thiophene rings is 1. The standard InChI is InChI=1S/C37H25N9OS/c1-4-12-25-22(9-1)17-18-30(39-25)37(36-42-44-45-43-36)33(34-24-11-3-6-14-27(24)40-41-34)32(28-21-23-10-2-5-13-26(23)38-28)35(29-15-8-20-48-29)46(37)31-16-7-19-47-31/h1-21,33,38H,(H,40,41)(H,42,43,44,45). The van der Waals surface area contributed by atoms with Crippen molar-refractivity contribution in [3.63, 3.8) is 0 Å². The lowest BCUT2D eigenvalue weighted by molar-refractivity contribution is 0.426. The molecule has 0 aliphatic carbocycles. The van der Waals surface area contributed by atoms with Gasteiger partial charge in [0.1, 0.15) is 0 Å². The van der Waals surface area contributed by atoms with Gasteiger partial charge in [0.2, 0.25) is 11.7 Å². The summed E-state index contributed by atoms with van der Waals surface area (Å²) in [6.07, 6.45) is 1.69. The molecule has 9 aromatic rings. The highest BCUT2D eigenvalue weighted by atomic mass is 32.1. The maximum absolute atomic E-state index is 6.35. The number of fused-ring (bicyclic) bond motifs is 3. The van der Waals surface area contributed by atoms with Crippen molar-refractivity contribution >= 4 is 61.2 Å². The van der Waals surface area contributed by atoms with Crippen molar-refractivity contribution in [2.24, 2.45) is 0 Å². The molecule has 2 atom stereocenters. The van der Waals surface area contributed by atoms with Gasteiger partial charge in [0.15, 0.2) is 5.54 Å². The summed E-state index contributed by atoms with van der Waals surface area (Å²) in [7, 11) is 0. The predicted octanol–water partition coefficient (Wildman–Crippen LogP) is 7.88. The van der Waals surface area contributed by atoms with Crippen molar-refractivity contribution in [1.82, 2.24) is 40.8 Å². The molecular weight excluding hydrogens is 619 g/mol. The number of aromatic amines is 3. The molecule has 10 nitrogen and oxygen atoms in total. The Hall–Kier alpha value is -6.33. The van der Waals surface area contributed by atoms with E-state index < -0.39 is 11.5 Å². The normalized spacial score (nSPS) is 18.2. The van der Waals surface area contributed by atoms with Gasteiger partial charge in [-0.2, -0.15) is 10.3 Å². The Morgan fingerprint density at radius 1 is 0.792 bits per heavy atom. The van der Waals surface area contributed by atoms with E-state index in [0.29, 0.717) is 11.7 Å². The molecule has 1 aliphatic rings. The van der Waals surface area contributed by atoms with Crippen molar-refractivity contribution in [2.45, 2.75) is 11.5 Å². The smallest absolute Gasteiger partial charge is 0.207 e. The zero-order valence-electron chi connectivity index (χ0n) is 25.2. The number of hydrogen-bond donors (Lipinski definition) is 3. The Balaban J connectivity index is 1.42. The largest absolute Gasteiger partial charge is 0.448 e. The van der Waals surface area contributed by atoms with Crippen LogP contribution in [0.15, 0.2) is 131 Å². The van der Waals surface area contributed by atoms with E-state index in [9.17, 15) is 0 Å². The van der Waals surface area contributed by atoms with Gasteiger partial charge in [-0.15, -0.1) is 21.5 Å². The first kappa shape index (κ1) is 26.8. The van der Waals surface area contributed by atoms with Crippen LogP contribution in [-0.2, 0) is 5.54 Å². The molecule has 3 N–H and O–H groups in total. The maximum atomic E-state index is 6.35. The maximum Gasteiger partial charge on any atom is 0.207 e. The number of para-hydroxylation sites is 3. The van der Waals surface area contributed by atoms with Crippen LogP contribution in [0.3, 0.4) is 0 Å². The molecule has 0 bridgehead atoms. The van der Waals surface area contributed by atoms with Crippen LogP contribution in [0.25, 0.3) is 44.0 Å². The van der Waals surface area contributed by atoms with Gasteiger partial charge in [0.05, 0.1) is 45.2 Å². The van der Waals surface area contributed by atoms with Gasteiger partial charge in [0.25, 0.3) is 0 Å². The van der Waals surface area contributed by atoms with Crippen LogP contribution < -0.4 is 4.90 Å². The fourth-order valence-corrected chi connectivity index (χ4v) is 8.14. The number of furan rings is 1. The Kier molecular flexibility index (Phi) is 5.78. The van der Waals surface area contributed by atoms with E-state index in [1.807, 2.05) is 54.6 Å². The van der Waals surface area contributed by atoms with Gasteiger partial charge >= 0.3 is 0 Å². The van der Waals surface area contributed by atoms with E-state index >= 15 is 0 Å². The number of aromatic nitrogens is 8. The topological polar surface area (TPSA) is 128 Å². The second-order valence-corrected chi connectivity index (χ2v) is 12.7. The number of rotatable bonds is 6. The minimum absolute atomic E-state index is 0.436. The van der Waals surface area contributed by atoms with Crippen LogP contribution in [0.1, 0.15) is 33.7 Å². The fraction of sp³-hybridized carbons (Fsp3) is 0.0541. The van der Waals surface area contributed by atoms with E-state index in [4.69, 9.17) is 24.7 Å². The zero-order chi connectivity index (χ0) is 31.7. The van der Waals surface area contributed by atoms with Crippen molar-refractivity contribution < 1.29 is 4.42 Å². The molecule has 0 fully saturated rings. The van der Waals surface area contributed by atoms with Gasteiger partial charge in [-0.05, 0) is 53.2 Å². The highest BCUT2D eigenvalue weighted by molar-refractivity contribution is 7.11. The molecule has 10 rings (SSSR count). The van der Waals surface area contributed by atoms with E-state index in [0.717, 1.165) is 65.9 Å². The molecule has 0 saturated heterocycles. The number of tetrazole rings is 1. The SMILES string of the molecule is c1coc(N2C(c3cccs3)=C(c3cc4ccccc4[nH]3)C(c3[nH]nc4ccccc34)C2(c2ccc3ccccc3n2)c2nn[nH]n2)c1. The van der Waals surface area contributed by atoms with E-state index in [1.54, 1.807) is 17.6 Å². The molecular formula is C37H25N9OS. The van der Waals surface area contributed by atoms with Gasteiger partial charge in [-0.25, -0.2) is 4.98 Å². The van der Waals surface area contributed by atoms with Crippen LogP contribution in [-0.4, -0.2) is 40.8 Å². The lowest BCUT2D eigenvalue weighted by atomic mass is 9.74. The second-order valence-electron chi connectivity index (χ2n) is 11.8. The number of pyridine rings is 1. The van der Waals surface area contributed by atoms with Crippen LogP contribution in [0.2, 0.25) is 0 Å². The van der Waals surface area contributed by atoms with Crippen molar-refractivity contribution in [3.8, 4) is 0 Å². The van der Waals surface area contributed by atoms with Gasteiger partial charge in [0, 0.05) is 33.6 Å². The lowest BCUT2D eigenvalue weighted by Gasteiger charge is -2.40. The molecule has 2 unspecified atom stereocenters. The van der Waals surface area contributed by atoms with Crippen LogP contribution >= 0.6 is 11.3 Å². The first-order chi connectivity index (χ1) is 23.8. The van der Waals surface area contributed by atoms with Gasteiger partial charge in [-0.1, -0.05) is 71.9 Å². The van der Waals surface area contributed by atoms with Gasteiger partial charge in [-0.3, -0.25) is 10.00 Å². The van der Waals surface area contributed by atoms with E-state index in [1.165, 1.54) is 0 Å². The summed E-state index contributed by atoms with van der Waals surface area (Å²) in [5.74, 6) is 0.551. The molecule has 0 amide bonds. The first-order valence-electron chi connectivity index (χ1n) is 15.5. The minimum atomic E-state index is -1.21. The van der Waals surface area contributed by atoms with Crippen molar-refractivity contribution in [1.29, 1.82) is 0 Å². The molecule has 0 saturated carbocycles. The summed E-state index contributed by atoms with van der Waals surface area (Å²) in [5.41, 5.74) is 6.04. The van der Waals surface area contributed by atoms with Crippen molar-refractivity contribution in [2.75, 3.05) is 4.90 Å². The highest BCUT2D eigenvalue weighted by Crippen LogP contribution is 2.63. The second kappa shape index (κ2) is 10.3. The van der Waals surface area contributed by atoms with Crippen molar-refractivity contribution in [3.05, 3.63) is 155 Å². The number of anilines is 1. The summed E-state index contributed by atoms with van der Waals surface area (Å²) < 4.78 is 6.35. The summed E-state index contributed by atoms with van der Waals surface area (Å²) in [5, 5.41) is 30.0. The number of H-pyrrole nitrogens is 3. The molecule has 11 heteroatoms. The number of hydrogen-bond acceptors (Lipinski definition) is 8. The van der Waals surface area contributed by atoms with Crippen LogP contribution in [0.4, 0.5) is 5.88 Å². The summed E-state index contributed by atoms with van der Waals surface area (Å²) in [6.45, 7) is 0. The third kappa shape index (κ3) is 3.76. The zero-order valence-corrected chi connectivity index (χ0v) is 26.0. The molecule has 6 aromatic heterocycles. The third-order valence-corrected chi connectivity index (χ3v) is 10.2. The molecule has 230 valence electrons. The van der Waals surface area contributed by atoms with Crippen LogP contribution in [0.5, 0.6) is 0 Å². The predicted molar refractivity (Wildman–Crippen MR) is 186 cm³/mol. The molecule has 3 aromatic carbocycles. The Morgan fingerprint density at radius 3 is 2.46 bits per heavy atom. The van der Waals surface area contributed by atoms with E-state index in [-0.39, 0.29) is 0 Å². The molecule has 1 aliphatic heterocycles. The lowest BCUT2D eigenvalue weighted by Crippen LogP contribution is -2.48. The number of nitrogens with zero attached hydrogens (tertiary/aromatic N) is 6. The monoisotopic (exact) mass is 643 g/mol. The Morgan fingerprint density at radius 2 is 1.65 bits per heavy atom. The molecule has 0 radical (unpaired) electrons. The van der Waals surface area contributed by atoms with E-state index in [2.05, 4.69) is 91.5 Å². The van der Waals surface area contributed by atoms with Crippen LogP contribution in [0, 0.1) is 0 Å². The average Bonchev–Trinajstić information content (AvgIpc) is 3.97. The fourth-order valence-electron chi connectivity index (χ4n) is 7.37. The summed E-state index contributed by atoms with van der Waals surface area (Å²) in [4.78, 5) is 12.4. The number of nitrogens with one attached hydrogen (secondary N) is 3. The quantitative estimate of drug-likeness (QED) is 0.168. The first-order valence-corrected chi connectivity index (χ1v) is 16.4. The number of benzene rings is 3. The average molecular weight is 644 g/mol. The highest BCUT2D eigenvalue weighted by Gasteiger charge is 2.62. The Labute approximate surface area is 276 Å². The summed E-state index contributed by atoms with van der Waals surface area (Å²) in [6, 6.07) is 39.1. The third-order valence-electron chi connectivity index (χ3n) is 9.29. The molecule has 48 heavy (non-hydrogen) atoms. The summed E-state index contributed by atoms with van der Waals surface area (Å²) >= 11 is 1.66. The Bertz CT molecular complexity index is 2570. The van der Waals surface area contributed by atoms with Gasteiger partial charge < -0.3 is 9.40 Å². The molecule has 7 heterocycles. The minimum Gasteiger partial charge on any atom is -0.448 e. The molecule has 0 spiro atoms.